The summed E-state index contributed by atoms with van der Waals surface area (Å²) in [5.74, 6) is -0.306. The normalized spacial score (nSPS) is 12.1. The van der Waals surface area contributed by atoms with Gasteiger partial charge in [-0.25, -0.2) is 14.4 Å². The Morgan fingerprint density at radius 1 is 0.865 bits per heavy atom. The quantitative estimate of drug-likeness (QED) is 0.204. The second-order valence-corrected chi connectivity index (χ2v) is 10.3. The van der Waals surface area contributed by atoms with Gasteiger partial charge < -0.3 is 24.1 Å². The van der Waals surface area contributed by atoms with Gasteiger partial charge in [-0.1, -0.05) is 0 Å². The van der Waals surface area contributed by atoms with Crippen LogP contribution in [0, 0.1) is 0 Å². The molecule has 37 heavy (non-hydrogen) atoms. The Hall–Kier alpha value is -4.34. The van der Waals surface area contributed by atoms with E-state index in [2.05, 4.69) is 15.6 Å². The Morgan fingerprint density at radius 2 is 1.51 bits per heavy atom. The maximum absolute atomic E-state index is 12.7. The third kappa shape index (κ3) is 8.38. The van der Waals surface area contributed by atoms with Crippen molar-refractivity contribution in [3.8, 4) is 5.75 Å². The molecule has 0 radical (unpaired) electrons. The summed E-state index contributed by atoms with van der Waals surface area (Å²) in [4.78, 5) is 40.9. The third-order valence-corrected chi connectivity index (χ3v) is 4.67. The van der Waals surface area contributed by atoms with Gasteiger partial charge in [-0.3, -0.25) is 5.32 Å². The first kappa shape index (κ1) is 27.3. The van der Waals surface area contributed by atoms with Crippen molar-refractivity contribution in [1.82, 2.24) is 9.88 Å². The first-order chi connectivity index (χ1) is 17.2. The number of nitrogens with zero attached hydrogens (tertiary/aromatic N) is 2. The Kier molecular flexibility index (Phi) is 7.90. The zero-order valence-electron chi connectivity index (χ0n) is 22.0. The van der Waals surface area contributed by atoms with Crippen molar-refractivity contribution in [1.29, 1.82) is 0 Å². The smallest absolute Gasteiger partial charge is 0.437 e. The molecule has 3 rings (SSSR count). The summed E-state index contributed by atoms with van der Waals surface area (Å²) in [6, 6.07) is 13.6. The monoisotopic (exact) mass is 508 g/mol. The van der Waals surface area contributed by atoms with E-state index in [1.165, 1.54) is 0 Å². The van der Waals surface area contributed by atoms with E-state index in [-0.39, 0.29) is 5.96 Å². The standard InChI is InChI=1S/C27H32N4O6/c1-26(2,3)36-24(33)29-23(30-25(34)37-27(4,5)6)28-19-11-8-18(9-12-19)22(32)35-20-13-10-17-14-15-31(7)21(17)16-20/h8-16H,1-7H3,(H2,28,29,30,33,34). The number of nitrogens with one attached hydrogen (secondary N) is 2. The highest BCUT2D eigenvalue weighted by Gasteiger charge is 2.20. The molecule has 0 fully saturated rings. The number of guanidine groups is 1. The van der Waals surface area contributed by atoms with E-state index in [0.717, 1.165) is 10.9 Å². The van der Waals surface area contributed by atoms with Crippen LogP contribution in [0.3, 0.4) is 0 Å². The van der Waals surface area contributed by atoms with Crippen LogP contribution < -0.4 is 15.4 Å². The molecule has 0 unspecified atom stereocenters. The average Bonchev–Trinajstić information content (AvgIpc) is 3.11. The molecule has 2 aromatic carbocycles. The largest absolute Gasteiger partial charge is 0.444 e. The minimum absolute atomic E-state index is 0.199. The number of amides is 2. The van der Waals surface area contributed by atoms with Crippen molar-refractivity contribution in [2.24, 2.45) is 12.0 Å². The van der Waals surface area contributed by atoms with E-state index in [4.69, 9.17) is 14.2 Å². The summed E-state index contributed by atoms with van der Waals surface area (Å²) in [7, 11) is 1.91. The van der Waals surface area contributed by atoms with Crippen molar-refractivity contribution in [3.05, 3.63) is 60.3 Å². The number of aryl methyl sites for hydroxylation is 1. The lowest BCUT2D eigenvalue weighted by atomic mass is 10.2. The fraction of sp³-hybridized carbons (Fsp3) is 0.333. The summed E-state index contributed by atoms with van der Waals surface area (Å²) in [5.41, 5.74) is 0.167. The Balaban J connectivity index is 1.72. The van der Waals surface area contributed by atoms with E-state index in [9.17, 15) is 14.4 Å². The van der Waals surface area contributed by atoms with Crippen molar-refractivity contribution in [2.75, 3.05) is 5.32 Å². The molecular formula is C27H32N4O6. The van der Waals surface area contributed by atoms with Crippen LogP contribution in [-0.4, -0.2) is 39.9 Å². The number of carbonyl (C=O) groups excluding carboxylic acids is 3. The molecule has 1 heterocycles. The maximum atomic E-state index is 12.7. The molecule has 3 aromatic rings. The van der Waals surface area contributed by atoms with Crippen LogP contribution in [0.2, 0.25) is 0 Å². The first-order valence-corrected chi connectivity index (χ1v) is 11.6. The maximum Gasteiger partial charge on any atom is 0.437 e. The van der Waals surface area contributed by atoms with Crippen LogP contribution in [-0.2, 0) is 16.5 Å². The van der Waals surface area contributed by atoms with Crippen LogP contribution in [0.25, 0.3) is 10.9 Å². The lowest BCUT2D eigenvalue weighted by Gasteiger charge is -2.21. The second kappa shape index (κ2) is 10.7. The number of carbonyl (C=O) groups is 3. The number of alkyl carbamates (subject to hydrolysis) is 1. The number of esters is 1. The van der Waals surface area contributed by atoms with Crippen molar-refractivity contribution in [2.45, 2.75) is 52.7 Å². The van der Waals surface area contributed by atoms with Gasteiger partial charge in [0.05, 0.1) is 11.1 Å². The van der Waals surface area contributed by atoms with E-state index in [1.54, 1.807) is 77.9 Å². The predicted molar refractivity (Wildman–Crippen MR) is 141 cm³/mol. The first-order valence-electron chi connectivity index (χ1n) is 11.6. The highest BCUT2D eigenvalue weighted by atomic mass is 16.6. The summed E-state index contributed by atoms with van der Waals surface area (Å²) >= 11 is 0. The van der Waals surface area contributed by atoms with E-state index in [0.29, 0.717) is 17.0 Å². The minimum atomic E-state index is -0.901. The molecule has 2 N–H and O–H groups in total. The predicted octanol–water partition coefficient (Wildman–Crippen LogP) is 5.63. The van der Waals surface area contributed by atoms with Gasteiger partial charge in [-0.15, -0.1) is 4.99 Å². The van der Waals surface area contributed by atoms with Crippen LogP contribution in [0.15, 0.2) is 59.7 Å². The molecule has 1 aromatic heterocycles. The molecule has 0 atom stereocenters. The van der Waals surface area contributed by atoms with E-state index >= 15 is 0 Å². The number of benzene rings is 2. The number of ether oxygens (including phenoxy) is 3. The molecule has 0 aliphatic carbocycles. The van der Waals surface area contributed by atoms with Gasteiger partial charge in [-0.2, -0.15) is 0 Å². The van der Waals surface area contributed by atoms with Crippen molar-refractivity contribution >= 4 is 40.7 Å². The molecule has 196 valence electrons. The Labute approximate surface area is 215 Å². The SMILES string of the molecule is Cn1ccc2ccc(OC(=O)c3ccc(N/C(=N\C(=O)OC(C)(C)C)NC(=O)OC(C)(C)C)cc3)cc21. The van der Waals surface area contributed by atoms with Gasteiger partial charge in [0, 0.05) is 25.0 Å². The number of fused-ring (bicyclic) bond motifs is 1. The number of hydrogen-bond acceptors (Lipinski definition) is 6. The molecule has 0 saturated carbocycles. The van der Waals surface area contributed by atoms with Gasteiger partial charge >= 0.3 is 18.2 Å². The molecule has 0 spiro atoms. The number of aromatic nitrogens is 1. The third-order valence-electron chi connectivity index (χ3n) is 4.67. The van der Waals surface area contributed by atoms with E-state index < -0.39 is 29.4 Å². The van der Waals surface area contributed by atoms with Crippen LogP contribution in [0.1, 0.15) is 51.9 Å². The van der Waals surface area contributed by atoms with Gasteiger partial charge in [0.15, 0.2) is 0 Å². The molecule has 0 aliphatic heterocycles. The van der Waals surface area contributed by atoms with Gasteiger partial charge in [0.25, 0.3) is 0 Å². The lowest BCUT2D eigenvalue weighted by Crippen LogP contribution is -2.40. The molecule has 0 bridgehead atoms. The van der Waals surface area contributed by atoms with Crippen molar-refractivity contribution in [3.63, 3.8) is 0 Å². The van der Waals surface area contributed by atoms with Gasteiger partial charge in [-0.05, 0) is 89.4 Å². The fourth-order valence-electron chi connectivity index (χ4n) is 3.16. The molecule has 2 amide bonds. The van der Waals surface area contributed by atoms with Crippen LogP contribution in [0.5, 0.6) is 5.75 Å². The molecule has 0 aliphatic rings. The van der Waals surface area contributed by atoms with Crippen LogP contribution >= 0.6 is 0 Å². The molecule has 10 heteroatoms. The molecule has 0 saturated heterocycles. The fourth-order valence-corrected chi connectivity index (χ4v) is 3.16. The summed E-state index contributed by atoms with van der Waals surface area (Å²) in [5, 5.41) is 6.29. The minimum Gasteiger partial charge on any atom is -0.444 e. The average molecular weight is 509 g/mol. The summed E-state index contributed by atoms with van der Waals surface area (Å²) < 4.78 is 17.9. The van der Waals surface area contributed by atoms with Gasteiger partial charge in [0.1, 0.15) is 17.0 Å². The summed E-state index contributed by atoms with van der Waals surface area (Å²) in [6.07, 6.45) is 0.221. The zero-order chi connectivity index (χ0) is 27.4. The number of hydrogen-bond donors (Lipinski definition) is 2. The summed E-state index contributed by atoms with van der Waals surface area (Å²) in [6.45, 7) is 10.2. The number of anilines is 1. The van der Waals surface area contributed by atoms with Crippen molar-refractivity contribution < 1.29 is 28.6 Å². The molecular weight excluding hydrogens is 476 g/mol. The zero-order valence-corrected chi connectivity index (χ0v) is 22.0. The highest BCUT2D eigenvalue weighted by Crippen LogP contribution is 2.22. The topological polar surface area (TPSA) is 120 Å². The lowest BCUT2D eigenvalue weighted by molar-refractivity contribution is 0.0561. The van der Waals surface area contributed by atoms with Gasteiger partial charge in [0.2, 0.25) is 5.96 Å². The Bertz CT molecular complexity index is 1330. The second-order valence-electron chi connectivity index (χ2n) is 10.3. The number of aliphatic imine (C=N–C) groups is 1. The van der Waals surface area contributed by atoms with Crippen LogP contribution in [0.4, 0.5) is 15.3 Å². The number of rotatable bonds is 3. The Morgan fingerprint density at radius 3 is 2.14 bits per heavy atom. The van der Waals surface area contributed by atoms with E-state index in [1.807, 2.05) is 29.9 Å². The molecule has 10 nitrogen and oxygen atoms in total. The highest BCUT2D eigenvalue weighted by molar-refractivity contribution is 6.06.